The zero-order chi connectivity index (χ0) is 28.3. The molecule has 2 heterocycles. The van der Waals surface area contributed by atoms with Gasteiger partial charge in [-0.2, -0.15) is 5.10 Å². The number of nitrogens with one attached hydrogen (secondary N) is 2. The number of carbonyl (C=O) groups is 2. The molecule has 9 nitrogen and oxygen atoms in total. The minimum Gasteiger partial charge on any atom is -0.456 e. The number of nitrogens with two attached hydrogens (primary N) is 1. The third-order valence-electron chi connectivity index (χ3n) is 6.22. The zero-order valence-corrected chi connectivity index (χ0v) is 22.5. The summed E-state index contributed by atoms with van der Waals surface area (Å²) in [5.74, 6) is 1.20. The van der Waals surface area contributed by atoms with Gasteiger partial charge in [0.2, 0.25) is 5.91 Å². The molecule has 0 saturated carbocycles. The molecule has 5 rings (SSSR count). The Morgan fingerprint density at radius 1 is 0.925 bits per heavy atom. The normalized spacial score (nSPS) is 11.3. The highest BCUT2D eigenvalue weighted by atomic mass is 16.5. The maximum Gasteiger partial charge on any atom is 0.324 e. The molecule has 0 atom stereocenters. The molecule has 0 radical (unpaired) electrons. The van der Waals surface area contributed by atoms with E-state index in [0.29, 0.717) is 28.7 Å². The number of pyridine rings is 1. The van der Waals surface area contributed by atoms with Crippen molar-refractivity contribution in [3.63, 3.8) is 0 Å². The summed E-state index contributed by atoms with van der Waals surface area (Å²) < 4.78 is 7.51. The molecule has 9 heteroatoms. The fourth-order valence-electron chi connectivity index (χ4n) is 4.32. The second-order valence-electron chi connectivity index (χ2n) is 10.4. The van der Waals surface area contributed by atoms with Crippen molar-refractivity contribution in [3.8, 4) is 17.2 Å². The largest absolute Gasteiger partial charge is 0.456 e. The number of hydrogen-bond donors (Lipinski definition) is 3. The highest BCUT2D eigenvalue weighted by Gasteiger charge is 2.22. The Kier molecular flexibility index (Phi) is 7.20. The maximum absolute atomic E-state index is 13.1. The summed E-state index contributed by atoms with van der Waals surface area (Å²) in [5, 5.41) is 12.5. The number of carbonyl (C=O) groups excluding carboxylic acids is 2. The van der Waals surface area contributed by atoms with Crippen molar-refractivity contribution in [1.29, 1.82) is 0 Å². The van der Waals surface area contributed by atoms with Gasteiger partial charge in [0.15, 0.2) is 0 Å². The first-order valence-corrected chi connectivity index (χ1v) is 12.8. The molecule has 3 aromatic carbocycles. The van der Waals surface area contributed by atoms with Crippen molar-refractivity contribution in [1.82, 2.24) is 14.8 Å². The number of benzene rings is 3. The van der Waals surface area contributed by atoms with Crippen LogP contribution in [0.2, 0.25) is 0 Å². The number of aromatic nitrogens is 3. The summed E-state index contributed by atoms with van der Waals surface area (Å²) in [6, 6.07) is 23.7. The molecule has 0 spiro atoms. The Morgan fingerprint density at radius 3 is 2.48 bits per heavy atom. The third-order valence-corrected chi connectivity index (χ3v) is 6.22. The number of hydrogen-bond acceptors (Lipinski definition) is 5. The van der Waals surface area contributed by atoms with E-state index in [0.717, 1.165) is 22.0 Å². The number of fused-ring (bicyclic) bond motifs is 1. The van der Waals surface area contributed by atoms with Gasteiger partial charge in [0.05, 0.1) is 24.0 Å². The van der Waals surface area contributed by atoms with E-state index in [1.54, 1.807) is 53.5 Å². The zero-order valence-electron chi connectivity index (χ0n) is 22.5. The second-order valence-corrected chi connectivity index (χ2v) is 10.4. The minimum atomic E-state index is -0.446. The topological polar surface area (TPSA) is 124 Å². The highest BCUT2D eigenvalue weighted by Crippen LogP contribution is 2.30. The first-order valence-electron chi connectivity index (χ1n) is 12.8. The number of primary amides is 1. The molecular formula is C31H30N6O3. The quantitative estimate of drug-likeness (QED) is 0.230. The fraction of sp³-hybridized carbons (Fsp3) is 0.161. The van der Waals surface area contributed by atoms with E-state index < -0.39 is 11.9 Å². The smallest absolute Gasteiger partial charge is 0.324 e. The SMILES string of the molecule is CC(C)(C)c1cc(NC(=O)Nc2cccc(Oc3cccnc3)c2)n(-c2cc(CC(N)=O)c3ccccc3c2)n1. The van der Waals surface area contributed by atoms with E-state index in [2.05, 4.69) is 36.4 Å². The van der Waals surface area contributed by atoms with Gasteiger partial charge >= 0.3 is 6.03 Å². The van der Waals surface area contributed by atoms with Crippen LogP contribution in [-0.4, -0.2) is 26.7 Å². The van der Waals surface area contributed by atoms with Gasteiger partial charge in [0, 0.05) is 29.4 Å². The van der Waals surface area contributed by atoms with Crippen LogP contribution in [0.25, 0.3) is 16.5 Å². The van der Waals surface area contributed by atoms with Crippen LogP contribution in [0.15, 0.2) is 91.3 Å². The molecule has 5 aromatic rings. The van der Waals surface area contributed by atoms with Crippen molar-refractivity contribution in [2.24, 2.45) is 5.73 Å². The molecule has 0 aliphatic rings. The van der Waals surface area contributed by atoms with Crippen LogP contribution in [0.4, 0.5) is 16.3 Å². The number of anilines is 2. The van der Waals surface area contributed by atoms with Crippen molar-refractivity contribution in [3.05, 3.63) is 103 Å². The Labute approximate surface area is 232 Å². The van der Waals surface area contributed by atoms with Crippen LogP contribution < -0.4 is 21.1 Å². The lowest BCUT2D eigenvalue weighted by Crippen LogP contribution is -2.21. The van der Waals surface area contributed by atoms with Gasteiger partial charge in [-0.05, 0) is 52.7 Å². The average Bonchev–Trinajstić information content (AvgIpc) is 3.33. The van der Waals surface area contributed by atoms with Crippen LogP contribution in [0.5, 0.6) is 11.5 Å². The second kappa shape index (κ2) is 10.9. The van der Waals surface area contributed by atoms with E-state index in [1.165, 1.54) is 0 Å². The van der Waals surface area contributed by atoms with Gasteiger partial charge in [-0.25, -0.2) is 9.48 Å². The summed E-state index contributed by atoms with van der Waals surface area (Å²) in [6.07, 6.45) is 3.37. The van der Waals surface area contributed by atoms with Crippen molar-refractivity contribution < 1.29 is 14.3 Å². The van der Waals surface area contributed by atoms with E-state index in [9.17, 15) is 9.59 Å². The number of rotatable bonds is 7. The molecule has 2 aromatic heterocycles. The van der Waals surface area contributed by atoms with Gasteiger partial charge < -0.3 is 15.8 Å². The standard InChI is InChI=1S/C31H30N6O3/c1-31(2,3)27-18-29(35-30(39)34-22-9-6-10-24(17-22)40-25-11-7-13-33-19-25)37(36-27)23-14-20-8-4-5-12-26(20)21(15-23)16-28(32)38/h4-15,17-19H,16H2,1-3H3,(H2,32,38)(H2,34,35,39). The van der Waals surface area contributed by atoms with Crippen LogP contribution in [-0.2, 0) is 16.6 Å². The monoisotopic (exact) mass is 534 g/mol. The predicted octanol–water partition coefficient (Wildman–Crippen LogP) is 6.18. The first kappa shape index (κ1) is 26.4. The van der Waals surface area contributed by atoms with E-state index >= 15 is 0 Å². The Balaban J connectivity index is 1.45. The van der Waals surface area contributed by atoms with Gasteiger partial charge in [-0.1, -0.05) is 51.1 Å². The van der Waals surface area contributed by atoms with Crippen LogP contribution in [0.1, 0.15) is 32.0 Å². The molecule has 0 saturated heterocycles. The van der Waals surface area contributed by atoms with Crippen molar-refractivity contribution >= 4 is 34.2 Å². The number of ether oxygens (including phenoxy) is 1. The van der Waals surface area contributed by atoms with E-state index in [-0.39, 0.29) is 11.8 Å². The molecule has 0 aliphatic heterocycles. The fourth-order valence-corrected chi connectivity index (χ4v) is 4.32. The lowest BCUT2D eigenvalue weighted by Gasteiger charge is -2.15. The lowest BCUT2D eigenvalue weighted by molar-refractivity contribution is -0.117. The van der Waals surface area contributed by atoms with Gasteiger partial charge in [-0.15, -0.1) is 0 Å². The number of amides is 3. The Morgan fingerprint density at radius 2 is 1.73 bits per heavy atom. The molecule has 202 valence electrons. The maximum atomic E-state index is 13.1. The summed E-state index contributed by atoms with van der Waals surface area (Å²) in [5.41, 5.74) is 8.11. The molecule has 0 aliphatic carbocycles. The van der Waals surface area contributed by atoms with Gasteiger partial charge in [-0.3, -0.25) is 15.1 Å². The Bertz CT molecular complexity index is 1690. The molecule has 0 unspecified atom stereocenters. The van der Waals surface area contributed by atoms with Crippen LogP contribution in [0, 0.1) is 0 Å². The summed E-state index contributed by atoms with van der Waals surface area (Å²) in [6.45, 7) is 6.16. The van der Waals surface area contributed by atoms with Gasteiger partial charge in [0.1, 0.15) is 17.3 Å². The van der Waals surface area contributed by atoms with Gasteiger partial charge in [0.25, 0.3) is 0 Å². The summed E-state index contributed by atoms with van der Waals surface area (Å²) >= 11 is 0. The third kappa shape index (κ3) is 6.10. The van der Waals surface area contributed by atoms with Crippen molar-refractivity contribution in [2.75, 3.05) is 10.6 Å². The summed E-state index contributed by atoms with van der Waals surface area (Å²) in [4.78, 5) is 29.0. The molecule has 0 bridgehead atoms. The molecular weight excluding hydrogens is 504 g/mol. The van der Waals surface area contributed by atoms with Crippen molar-refractivity contribution in [2.45, 2.75) is 32.6 Å². The minimum absolute atomic E-state index is 0.0858. The first-order chi connectivity index (χ1) is 19.2. The average molecular weight is 535 g/mol. The molecule has 40 heavy (non-hydrogen) atoms. The van der Waals surface area contributed by atoms with Crippen LogP contribution in [0.3, 0.4) is 0 Å². The van der Waals surface area contributed by atoms with E-state index in [1.807, 2.05) is 42.5 Å². The lowest BCUT2D eigenvalue weighted by atomic mass is 9.92. The highest BCUT2D eigenvalue weighted by molar-refractivity contribution is 5.99. The molecule has 3 amide bonds. The Hall–Kier alpha value is -5.18. The predicted molar refractivity (Wildman–Crippen MR) is 156 cm³/mol. The number of nitrogens with zero attached hydrogens (tertiary/aromatic N) is 3. The van der Waals surface area contributed by atoms with E-state index in [4.69, 9.17) is 15.6 Å². The number of urea groups is 1. The summed E-state index contributed by atoms with van der Waals surface area (Å²) in [7, 11) is 0. The molecule has 0 fully saturated rings. The molecule has 4 N–H and O–H groups in total. The van der Waals surface area contributed by atoms with Crippen LogP contribution >= 0.6 is 0 Å².